The molecule has 5 heteroatoms. The Bertz CT molecular complexity index is 427. The fraction of sp³-hybridized carbons (Fsp3) is 1.00. The fourth-order valence-corrected chi connectivity index (χ4v) is 5.17. The fourth-order valence-electron chi connectivity index (χ4n) is 3.98. The topological polar surface area (TPSA) is 63.4 Å². The van der Waals surface area contributed by atoms with E-state index >= 15 is 0 Å². The minimum Gasteiger partial charge on any atom is -0.326 e. The maximum absolute atomic E-state index is 11.8. The van der Waals surface area contributed by atoms with Crippen molar-refractivity contribution in [3.05, 3.63) is 0 Å². The van der Waals surface area contributed by atoms with E-state index in [0.717, 1.165) is 38.8 Å². The molecular formula is C15H30N2O2S. The quantitative estimate of drug-likeness (QED) is 0.860. The van der Waals surface area contributed by atoms with Gasteiger partial charge >= 0.3 is 0 Å². The van der Waals surface area contributed by atoms with E-state index < -0.39 is 9.84 Å². The summed E-state index contributed by atoms with van der Waals surface area (Å²) in [6, 6.07) is 0.0603. The molecule has 1 saturated carbocycles. The molecule has 3 unspecified atom stereocenters. The third-order valence-corrected chi connectivity index (χ3v) is 7.16. The molecule has 0 spiro atoms. The smallest absolute Gasteiger partial charge is 0.150 e. The van der Waals surface area contributed by atoms with Gasteiger partial charge in [0, 0.05) is 17.8 Å². The Labute approximate surface area is 124 Å². The third kappa shape index (κ3) is 3.37. The predicted octanol–water partition coefficient (Wildman–Crippen LogP) is 1.79. The van der Waals surface area contributed by atoms with Gasteiger partial charge in [-0.2, -0.15) is 0 Å². The zero-order valence-electron chi connectivity index (χ0n) is 13.1. The Hall–Kier alpha value is -0.130. The summed E-state index contributed by atoms with van der Waals surface area (Å²) in [5.41, 5.74) is 6.55. The standard InChI is InChI=1S/C15H30N2O2S/c1-15(2,17-9-4-5-10-17)14(16)12-7-6-8-13(11-12)20(3,18)19/h12-14H,4-11,16H2,1-3H3. The van der Waals surface area contributed by atoms with Crippen molar-refractivity contribution in [1.29, 1.82) is 0 Å². The van der Waals surface area contributed by atoms with Crippen molar-refractivity contribution < 1.29 is 8.42 Å². The first-order chi connectivity index (χ1) is 9.23. The second-order valence-electron chi connectivity index (χ2n) is 7.25. The highest BCUT2D eigenvalue weighted by Gasteiger charge is 2.41. The van der Waals surface area contributed by atoms with Gasteiger partial charge in [0.2, 0.25) is 0 Å². The van der Waals surface area contributed by atoms with Crippen LogP contribution in [0.15, 0.2) is 0 Å². The number of likely N-dealkylation sites (tertiary alicyclic amines) is 1. The molecule has 1 saturated heterocycles. The molecule has 1 aliphatic carbocycles. The monoisotopic (exact) mass is 302 g/mol. The lowest BCUT2D eigenvalue weighted by molar-refractivity contribution is 0.0855. The van der Waals surface area contributed by atoms with Gasteiger partial charge < -0.3 is 5.73 Å². The molecule has 0 aromatic carbocycles. The van der Waals surface area contributed by atoms with Crippen LogP contribution in [0.2, 0.25) is 0 Å². The van der Waals surface area contributed by atoms with E-state index in [4.69, 9.17) is 5.73 Å². The summed E-state index contributed by atoms with van der Waals surface area (Å²) >= 11 is 0. The van der Waals surface area contributed by atoms with Gasteiger partial charge in [0.15, 0.2) is 0 Å². The Balaban J connectivity index is 2.06. The van der Waals surface area contributed by atoms with E-state index in [1.807, 2.05) is 0 Å². The predicted molar refractivity (Wildman–Crippen MR) is 83.5 cm³/mol. The van der Waals surface area contributed by atoms with Gasteiger partial charge in [0.1, 0.15) is 9.84 Å². The average molecular weight is 302 g/mol. The van der Waals surface area contributed by atoms with E-state index in [-0.39, 0.29) is 16.8 Å². The van der Waals surface area contributed by atoms with Crippen molar-refractivity contribution in [1.82, 2.24) is 4.90 Å². The molecule has 0 aromatic heterocycles. The van der Waals surface area contributed by atoms with Crippen LogP contribution in [0, 0.1) is 5.92 Å². The maximum Gasteiger partial charge on any atom is 0.150 e. The van der Waals surface area contributed by atoms with Gasteiger partial charge in [0.05, 0.1) is 5.25 Å². The van der Waals surface area contributed by atoms with Gasteiger partial charge in [-0.05, 0) is 65.0 Å². The van der Waals surface area contributed by atoms with Crippen molar-refractivity contribution in [2.24, 2.45) is 11.7 Å². The zero-order valence-corrected chi connectivity index (χ0v) is 14.0. The minimum atomic E-state index is -2.93. The maximum atomic E-state index is 11.8. The van der Waals surface area contributed by atoms with Crippen LogP contribution in [-0.4, -0.2) is 49.5 Å². The normalized spacial score (nSPS) is 31.4. The van der Waals surface area contributed by atoms with E-state index in [1.165, 1.54) is 19.1 Å². The molecule has 20 heavy (non-hydrogen) atoms. The van der Waals surface area contributed by atoms with E-state index in [0.29, 0.717) is 5.92 Å². The summed E-state index contributed by atoms with van der Waals surface area (Å²) in [7, 11) is -2.93. The number of nitrogens with two attached hydrogens (primary N) is 1. The molecule has 3 atom stereocenters. The van der Waals surface area contributed by atoms with Crippen LogP contribution in [0.3, 0.4) is 0 Å². The van der Waals surface area contributed by atoms with E-state index in [1.54, 1.807) is 0 Å². The first kappa shape index (κ1) is 16.2. The third-order valence-electron chi connectivity index (χ3n) is 5.52. The largest absolute Gasteiger partial charge is 0.326 e. The zero-order chi connectivity index (χ0) is 15.0. The number of hydrogen-bond donors (Lipinski definition) is 1. The van der Waals surface area contributed by atoms with Crippen LogP contribution >= 0.6 is 0 Å². The van der Waals surface area contributed by atoms with Crippen LogP contribution in [0.1, 0.15) is 52.4 Å². The molecule has 1 aliphatic heterocycles. The lowest BCUT2D eigenvalue weighted by Crippen LogP contribution is -2.59. The highest BCUT2D eigenvalue weighted by atomic mass is 32.2. The molecule has 2 aliphatic rings. The number of sulfone groups is 1. The highest BCUT2D eigenvalue weighted by Crippen LogP contribution is 2.35. The van der Waals surface area contributed by atoms with Gasteiger partial charge in [-0.1, -0.05) is 6.42 Å². The van der Waals surface area contributed by atoms with Crippen molar-refractivity contribution in [3.63, 3.8) is 0 Å². The molecule has 0 aromatic rings. The van der Waals surface area contributed by atoms with Crippen molar-refractivity contribution in [2.45, 2.75) is 69.2 Å². The van der Waals surface area contributed by atoms with Gasteiger partial charge in [-0.15, -0.1) is 0 Å². The lowest BCUT2D eigenvalue weighted by atomic mass is 9.76. The Morgan fingerprint density at radius 1 is 1.15 bits per heavy atom. The summed E-state index contributed by atoms with van der Waals surface area (Å²) in [6.07, 6.45) is 7.51. The summed E-state index contributed by atoms with van der Waals surface area (Å²) in [5, 5.41) is -0.179. The van der Waals surface area contributed by atoms with Crippen molar-refractivity contribution in [3.8, 4) is 0 Å². The molecule has 0 radical (unpaired) electrons. The summed E-state index contributed by atoms with van der Waals surface area (Å²) < 4.78 is 23.6. The molecule has 4 nitrogen and oxygen atoms in total. The summed E-state index contributed by atoms with van der Waals surface area (Å²) in [5.74, 6) is 0.332. The second-order valence-corrected chi connectivity index (χ2v) is 9.58. The van der Waals surface area contributed by atoms with Crippen LogP contribution in [0.5, 0.6) is 0 Å². The summed E-state index contributed by atoms with van der Waals surface area (Å²) in [6.45, 7) is 6.71. The van der Waals surface area contributed by atoms with E-state index in [9.17, 15) is 8.42 Å². The second kappa shape index (κ2) is 5.93. The average Bonchev–Trinajstić information content (AvgIpc) is 2.91. The molecule has 118 valence electrons. The molecule has 1 heterocycles. The van der Waals surface area contributed by atoms with Crippen LogP contribution in [0.4, 0.5) is 0 Å². The van der Waals surface area contributed by atoms with Gasteiger partial charge in [0.25, 0.3) is 0 Å². The van der Waals surface area contributed by atoms with Gasteiger partial charge in [-0.3, -0.25) is 4.90 Å². The molecule has 0 bridgehead atoms. The molecule has 0 amide bonds. The van der Waals surface area contributed by atoms with Crippen LogP contribution in [-0.2, 0) is 9.84 Å². The minimum absolute atomic E-state index is 0.0272. The molecule has 2 rings (SSSR count). The molecular weight excluding hydrogens is 272 g/mol. The Morgan fingerprint density at radius 3 is 2.30 bits per heavy atom. The number of hydrogen-bond acceptors (Lipinski definition) is 4. The van der Waals surface area contributed by atoms with Crippen LogP contribution < -0.4 is 5.73 Å². The van der Waals surface area contributed by atoms with Gasteiger partial charge in [-0.25, -0.2) is 8.42 Å². The Kier molecular flexibility index (Phi) is 4.82. The first-order valence-corrected chi connectivity index (χ1v) is 9.88. The van der Waals surface area contributed by atoms with Crippen molar-refractivity contribution in [2.75, 3.05) is 19.3 Å². The van der Waals surface area contributed by atoms with Crippen LogP contribution in [0.25, 0.3) is 0 Å². The van der Waals surface area contributed by atoms with Crippen molar-refractivity contribution >= 4 is 9.84 Å². The molecule has 2 N–H and O–H groups in total. The SMILES string of the molecule is CC(C)(C(N)C1CCCC(S(C)(=O)=O)C1)N1CCCC1. The Morgan fingerprint density at radius 2 is 1.75 bits per heavy atom. The molecule has 2 fully saturated rings. The lowest BCUT2D eigenvalue weighted by Gasteiger charge is -2.45. The first-order valence-electron chi connectivity index (χ1n) is 7.92. The summed E-state index contributed by atoms with van der Waals surface area (Å²) in [4.78, 5) is 2.49. The van der Waals surface area contributed by atoms with E-state index in [2.05, 4.69) is 18.7 Å². The number of rotatable bonds is 4. The highest BCUT2D eigenvalue weighted by molar-refractivity contribution is 7.91. The number of nitrogens with zero attached hydrogens (tertiary/aromatic N) is 1.